The number of hydrogen-bond acceptors (Lipinski definition) is 4. The number of carbonyl (C=O) groups is 3. The first-order chi connectivity index (χ1) is 10.3. The summed E-state index contributed by atoms with van der Waals surface area (Å²) in [6.45, 7) is 3.36. The standard InChI is InChI=1S/C15H20N2O5/c1-9-5-6-11(7-12(9)14(20)22-4)16-15(21)17(3)8-10(2)13(18)19/h5-7,10H,8H2,1-4H3,(H,16,21)(H,18,19). The van der Waals surface area contributed by atoms with Crippen LogP contribution in [0.1, 0.15) is 22.8 Å². The van der Waals surface area contributed by atoms with Gasteiger partial charge in [-0.1, -0.05) is 13.0 Å². The van der Waals surface area contributed by atoms with E-state index in [2.05, 4.69) is 10.1 Å². The zero-order valence-corrected chi connectivity index (χ0v) is 13.0. The van der Waals surface area contributed by atoms with Gasteiger partial charge in [-0.25, -0.2) is 9.59 Å². The number of methoxy groups -OCH3 is 1. The molecule has 2 amide bonds. The van der Waals surface area contributed by atoms with Crippen LogP contribution < -0.4 is 5.32 Å². The smallest absolute Gasteiger partial charge is 0.338 e. The third kappa shape index (κ3) is 4.47. The lowest BCUT2D eigenvalue weighted by atomic mass is 10.1. The lowest BCUT2D eigenvalue weighted by Gasteiger charge is -2.20. The lowest BCUT2D eigenvalue weighted by molar-refractivity contribution is -0.141. The van der Waals surface area contributed by atoms with Crippen LogP contribution in [0.5, 0.6) is 0 Å². The van der Waals surface area contributed by atoms with Crippen molar-refractivity contribution in [2.45, 2.75) is 13.8 Å². The molecule has 120 valence electrons. The van der Waals surface area contributed by atoms with Crippen molar-refractivity contribution in [3.63, 3.8) is 0 Å². The van der Waals surface area contributed by atoms with Crippen LogP contribution in [0.3, 0.4) is 0 Å². The predicted molar refractivity (Wildman–Crippen MR) is 81.0 cm³/mol. The SMILES string of the molecule is COC(=O)c1cc(NC(=O)N(C)CC(C)C(=O)O)ccc1C. The quantitative estimate of drug-likeness (QED) is 0.811. The van der Waals surface area contributed by atoms with Gasteiger partial charge in [0.2, 0.25) is 0 Å². The van der Waals surface area contributed by atoms with E-state index >= 15 is 0 Å². The number of benzene rings is 1. The molecule has 0 fully saturated rings. The molecule has 0 aromatic heterocycles. The summed E-state index contributed by atoms with van der Waals surface area (Å²) in [4.78, 5) is 35.7. The Bertz CT molecular complexity index is 585. The van der Waals surface area contributed by atoms with Crippen molar-refractivity contribution in [1.82, 2.24) is 4.90 Å². The number of esters is 1. The molecule has 2 N–H and O–H groups in total. The maximum Gasteiger partial charge on any atom is 0.338 e. The molecule has 7 nitrogen and oxygen atoms in total. The van der Waals surface area contributed by atoms with E-state index in [-0.39, 0.29) is 6.54 Å². The van der Waals surface area contributed by atoms with Crippen molar-refractivity contribution in [1.29, 1.82) is 0 Å². The van der Waals surface area contributed by atoms with Crippen LogP contribution in [0.2, 0.25) is 0 Å². The number of aryl methyl sites for hydroxylation is 1. The molecule has 1 aromatic carbocycles. The normalized spacial score (nSPS) is 11.5. The second-order valence-corrected chi connectivity index (χ2v) is 5.07. The van der Waals surface area contributed by atoms with E-state index in [1.54, 1.807) is 19.1 Å². The number of amides is 2. The Morgan fingerprint density at radius 3 is 2.55 bits per heavy atom. The fourth-order valence-corrected chi connectivity index (χ4v) is 1.82. The highest BCUT2D eigenvalue weighted by Crippen LogP contribution is 2.16. The molecule has 7 heteroatoms. The van der Waals surface area contributed by atoms with Gasteiger partial charge >= 0.3 is 18.0 Å². The molecule has 1 unspecified atom stereocenters. The molecule has 0 radical (unpaired) electrons. The van der Waals surface area contributed by atoms with E-state index < -0.39 is 23.9 Å². The summed E-state index contributed by atoms with van der Waals surface area (Å²) in [7, 11) is 2.79. The summed E-state index contributed by atoms with van der Waals surface area (Å²) in [5.74, 6) is -2.12. The van der Waals surface area contributed by atoms with E-state index in [0.29, 0.717) is 11.3 Å². The first kappa shape index (κ1) is 17.5. The second-order valence-electron chi connectivity index (χ2n) is 5.07. The number of aliphatic carboxylic acids is 1. The minimum atomic E-state index is -0.969. The van der Waals surface area contributed by atoms with Gasteiger partial charge < -0.3 is 20.1 Å². The average Bonchev–Trinajstić information content (AvgIpc) is 2.47. The van der Waals surface area contributed by atoms with Crippen molar-refractivity contribution < 1.29 is 24.2 Å². The third-order valence-electron chi connectivity index (χ3n) is 3.21. The molecule has 1 atom stereocenters. The molecule has 0 aliphatic heterocycles. The number of carbonyl (C=O) groups excluding carboxylic acids is 2. The summed E-state index contributed by atoms with van der Waals surface area (Å²) in [6.07, 6.45) is 0. The molecule has 0 aliphatic rings. The topological polar surface area (TPSA) is 95.9 Å². The van der Waals surface area contributed by atoms with Crippen molar-refractivity contribution in [3.05, 3.63) is 29.3 Å². The molecular formula is C15H20N2O5. The van der Waals surface area contributed by atoms with E-state index in [9.17, 15) is 14.4 Å². The number of urea groups is 1. The fourth-order valence-electron chi connectivity index (χ4n) is 1.82. The molecule has 1 rings (SSSR count). The second kappa shape index (κ2) is 7.44. The molecule has 1 aromatic rings. The fraction of sp³-hybridized carbons (Fsp3) is 0.400. The highest BCUT2D eigenvalue weighted by atomic mass is 16.5. The first-order valence-electron chi connectivity index (χ1n) is 6.70. The van der Waals surface area contributed by atoms with Gasteiger partial charge in [0.1, 0.15) is 0 Å². The van der Waals surface area contributed by atoms with Crippen molar-refractivity contribution in [2.75, 3.05) is 26.0 Å². The third-order valence-corrected chi connectivity index (χ3v) is 3.21. The van der Waals surface area contributed by atoms with Crippen LogP contribution in [0.4, 0.5) is 10.5 Å². The number of nitrogens with one attached hydrogen (secondary N) is 1. The van der Waals surface area contributed by atoms with E-state index in [1.165, 1.54) is 32.0 Å². The van der Waals surface area contributed by atoms with Gasteiger partial charge in [-0.15, -0.1) is 0 Å². The molecular weight excluding hydrogens is 288 g/mol. The Balaban J connectivity index is 2.80. The van der Waals surface area contributed by atoms with Crippen LogP contribution in [0.15, 0.2) is 18.2 Å². The van der Waals surface area contributed by atoms with Crippen LogP contribution in [0.25, 0.3) is 0 Å². The number of anilines is 1. The molecule has 0 saturated heterocycles. The summed E-state index contributed by atoms with van der Waals surface area (Å²) < 4.78 is 4.68. The zero-order valence-electron chi connectivity index (χ0n) is 13.0. The predicted octanol–water partition coefficient (Wildman–Crippen LogP) is 1.97. The summed E-state index contributed by atoms with van der Waals surface area (Å²) in [5.41, 5.74) is 1.53. The summed E-state index contributed by atoms with van der Waals surface area (Å²) >= 11 is 0. The number of hydrogen-bond donors (Lipinski definition) is 2. The number of carboxylic acid groups (broad SMARTS) is 1. The Morgan fingerprint density at radius 1 is 1.36 bits per heavy atom. The van der Waals surface area contributed by atoms with Gasteiger partial charge in [0, 0.05) is 19.3 Å². The van der Waals surface area contributed by atoms with Gasteiger partial charge in [-0.05, 0) is 24.6 Å². The first-order valence-corrected chi connectivity index (χ1v) is 6.70. The number of ether oxygens (including phenoxy) is 1. The van der Waals surface area contributed by atoms with Gasteiger partial charge in [0.05, 0.1) is 18.6 Å². The Kier molecular flexibility index (Phi) is 5.91. The largest absolute Gasteiger partial charge is 0.481 e. The molecule has 0 bridgehead atoms. The maximum atomic E-state index is 12.0. The highest BCUT2D eigenvalue weighted by molar-refractivity contribution is 5.95. The highest BCUT2D eigenvalue weighted by Gasteiger charge is 2.18. The monoisotopic (exact) mass is 308 g/mol. The minimum Gasteiger partial charge on any atom is -0.481 e. The zero-order chi connectivity index (χ0) is 16.9. The summed E-state index contributed by atoms with van der Waals surface area (Å²) in [6, 6.07) is 4.43. The van der Waals surface area contributed by atoms with Crippen molar-refractivity contribution >= 4 is 23.7 Å². The van der Waals surface area contributed by atoms with Gasteiger partial charge in [-0.2, -0.15) is 0 Å². The molecule has 0 spiro atoms. The van der Waals surface area contributed by atoms with E-state index in [4.69, 9.17) is 5.11 Å². The Hall–Kier alpha value is -2.57. The van der Waals surface area contributed by atoms with Gasteiger partial charge in [0.15, 0.2) is 0 Å². The van der Waals surface area contributed by atoms with Crippen LogP contribution >= 0.6 is 0 Å². The molecule has 0 saturated carbocycles. The summed E-state index contributed by atoms with van der Waals surface area (Å²) in [5, 5.41) is 11.5. The van der Waals surface area contributed by atoms with E-state index in [0.717, 1.165) is 5.56 Å². The van der Waals surface area contributed by atoms with Crippen molar-refractivity contribution in [2.24, 2.45) is 5.92 Å². The van der Waals surface area contributed by atoms with Crippen LogP contribution in [-0.2, 0) is 9.53 Å². The molecule has 0 aliphatic carbocycles. The number of carboxylic acids is 1. The lowest BCUT2D eigenvalue weighted by Crippen LogP contribution is -2.36. The van der Waals surface area contributed by atoms with Gasteiger partial charge in [0.25, 0.3) is 0 Å². The van der Waals surface area contributed by atoms with Crippen molar-refractivity contribution in [3.8, 4) is 0 Å². The van der Waals surface area contributed by atoms with Crippen LogP contribution in [0, 0.1) is 12.8 Å². The van der Waals surface area contributed by atoms with Crippen LogP contribution in [-0.4, -0.2) is 48.7 Å². The Morgan fingerprint density at radius 2 is 2.00 bits per heavy atom. The Labute approximate surface area is 128 Å². The molecule has 0 heterocycles. The van der Waals surface area contributed by atoms with Gasteiger partial charge in [-0.3, -0.25) is 4.79 Å². The minimum absolute atomic E-state index is 0.0802. The number of rotatable bonds is 5. The number of nitrogens with zero attached hydrogens (tertiary/aromatic N) is 1. The molecule has 22 heavy (non-hydrogen) atoms. The average molecular weight is 308 g/mol. The van der Waals surface area contributed by atoms with E-state index in [1.807, 2.05) is 0 Å². The maximum absolute atomic E-state index is 12.0.